The minimum atomic E-state index is 0.332. The first-order valence-electron chi connectivity index (χ1n) is 6.85. The molecule has 5 heteroatoms. The SMILES string of the molecule is C[C@@H](Cn1cc(Br)cn1)Nc1ccc2c(c1)CN(C)C2. The van der Waals surface area contributed by atoms with Crippen LogP contribution in [0.5, 0.6) is 0 Å². The van der Waals surface area contributed by atoms with Gasteiger partial charge in [-0.2, -0.15) is 5.10 Å². The number of rotatable bonds is 4. The van der Waals surface area contributed by atoms with E-state index in [2.05, 4.69) is 63.4 Å². The Kier molecular flexibility index (Phi) is 3.81. The van der Waals surface area contributed by atoms with Crippen LogP contribution in [0.4, 0.5) is 5.69 Å². The van der Waals surface area contributed by atoms with E-state index >= 15 is 0 Å². The molecule has 106 valence electrons. The zero-order valence-electron chi connectivity index (χ0n) is 11.8. The second kappa shape index (κ2) is 5.58. The molecule has 1 aromatic carbocycles. The van der Waals surface area contributed by atoms with Crippen LogP contribution < -0.4 is 5.32 Å². The topological polar surface area (TPSA) is 33.1 Å². The summed E-state index contributed by atoms with van der Waals surface area (Å²) in [6.45, 7) is 5.13. The van der Waals surface area contributed by atoms with Crippen molar-refractivity contribution >= 4 is 21.6 Å². The molecule has 0 spiro atoms. The van der Waals surface area contributed by atoms with Gasteiger partial charge in [0, 0.05) is 31.0 Å². The fourth-order valence-corrected chi connectivity index (χ4v) is 3.03. The van der Waals surface area contributed by atoms with Crippen LogP contribution in [-0.4, -0.2) is 27.8 Å². The van der Waals surface area contributed by atoms with Gasteiger partial charge in [-0.25, -0.2) is 0 Å². The van der Waals surface area contributed by atoms with Gasteiger partial charge in [-0.05, 0) is 53.2 Å². The maximum absolute atomic E-state index is 4.29. The predicted octanol–water partition coefficient (Wildman–Crippen LogP) is 3.09. The lowest BCUT2D eigenvalue weighted by atomic mass is 10.1. The highest BCUT2D eigenvalue weighted by Crippen LogP contribution is 2.24. The highest BCUT2D eigenvalue weighted by Gasteiger charge is 2.15. The van der Waals surface area contributed by atoms with E-state index in [0.717, 1.165) is 24.1 Å². The first-order chi connectivity index (χ1) is 9.60. The molecule has 0 unspecified atom stereocenters. The average Bonchev–Trinajstić information content (AvgIpc) is 2.93. The van der Waals surface area contributed by atoms with Crippen LogP contribution in [0, 0.1) is 0 Å². The Morgan fingerprint density at radius 1 is 1.35 bits per heavy atom. The van der Waals surface area contributed by atoms with E-state index in [-0.39, 0.29) is 0 Å². The van der Waals surface area contributed by atoms with Gasteiger partial charge in [0.25, 0.3) is 0 Å². The highest BCUT2D eigenvalue weighted by molar-refractivity contribution is 9.10. The van der Waals surface area contributed by atoms with Crippen LogP contribution in [0.1, 0.15) is 18.1 Å². The minimum absolute atomic E-state index is 0.332. The lowest BCUT2D eigenvalue weighted by Gasteiger charge is -2.16. The molecule has 0 fully saturated rings. The molecule has 20 heavy (non-hydrogen) atoms. The summed E-state index contributed by atoms with van der Waals surface area (Å²) in [4.78, 5) is 2.33. The molecule has 0 radical (unpaired) electrons. The molecule has 1 aromatic heterocycles. The van der Waals surface area contributed by atoms with E-state index in [1.807, 2.05) is 17.1 Å². The quantitative estimate of drug-likeness (QED) is 0.932. The molecule has 1 aliphatic rings. The van der Waals surface area contributed by atoms with Crippen LogP contribution in [0.15, 0.2) is 35.1 Å². The Balaban J connectivity index is 1.64. The molecule has 0 saturated heterocycles. The Labute approximate surface area is 127 Å². The zero-order valence-corrected chi connectivity index (χ0v) is 13.4. The average molecular weight is 335 g/mol. The van der Waals surface area contributed by atoms with Gasteiger partial charge in [0.2, 0.25) is 0 Å². The molecule has 2 aromatic rings. The first kappa shape index (κ1) is 13.6. The third-order valence-corrected chi connectivity index (χ3v) is 3.97. The summed E-state index contributed by atoms with van der Waals surface area (Å²) in [6.07, 6.45) is 3.81. The van der Waals surface area contributed by atoms with Crippen molar-refractivity contribution in [1.82, 2.24) is 14.7 Å². The molecule has 0 saturated carbocycles. The van der Waals surface area contributed by atoms with E-state index in [1.165, 1.54) is 16.8 Å². The van der Waals surface area contributed by atoms with E-state index in [9.17, 15) is 0 Å². The normalized spacial score (nSPS) is 16.1. The second-order valence-electron chi connectivity index (χ2n) is 5.58. The van der Waals surface area contributed by atoms with Crippen molar-refractivity contribution in [2.75, 3.05) is 12.4 Å². The summed E-state index contributed by atoms with van der Waals surface area (Å²) in [6, 6.07) is 7.01. The van der Waals surface area contributed by atoms with Crippen molar-refractivity contribution in [2.45, 2.75) is 32.6 Å². The smallest absolute Gasteiger partial charge is 0.0632 e. The summed E-state index contributed by atoms with van der Waals surface area (Å²) < 4.78 is 2.97. The second-order valence-corrected chi connectivity index (χ2v) is 6.50. The Bertz CT molecular complexity index is 608. The summed E-state index contributed by atoms with van der Waals surface area (Å²) in [5.41, 5.74) is 4.08. The standard InChI is InChI=1S/C15H19BrN4/c1-11(7-20-10-14(16)6-17-20)18-15-4-3-12-8-19(2)9-13(12)5-15/h3-6,10-11,18H,7-9H2,1-2H3/t11-/m0/s1. The molecule has 3 rings (SSSR count). The summed E-state index contributed by atoms with van der Waals surface area (Å²) in [5, 5.41) is 7.84. The van der Waals surface area contributed by atoms with Crippen molar-refractivity contribution in [3.8, 4) is 0 Å². The zero-order chi connectivity index (χ0) is 14.1. The van der Waals surface area contributed by atoms with Crippen molar-refractivity contribution in [3.05, 3.63) is 46.2 Å². The Morgan fingerprint density at radius 2 is 2.15 bits per heavy atom. The molecule has 0 bridgehead atoms. The number of anilines is 1. The molecule has 2 heterocycles. The molecular weight excluding hydrogens is 316 g/mol. The van der Waals surface area contributed by atoms with Gasteiger partial charge in [0.1, 0.15) is 0 Å². The first-order valence-corrected chi connectivity index (χ1v) is 7.64. The van der Waals surface area contributed by atoms with E-state index in [4.69, 9.17) is 0 Å². The Hall–Kier alpha value is -1.33. The van der Waals surface area contributed by atoms with Crippen molar-refractivity contribution in [2.24, 2.45) is 0 Å². The van der Waals surface area contributed by atoms with Gasteiger partial charge >= 0.3 is 0 Å². The Morgan fingerprint density at radius 3 is 2.90 bits per heavy atom. The summed E-state index contributed by atoms with van der Waals surface area (Å²) in [7, 11) is 2.16. The van der Waals surface area contributed by atoms with Crippen LogP contribution >= 0.6 is 15.9 Å². The molecule has 4 nitrogen and oxygen atoms in total. The van der Waals surface area contributed by atoms with Gasteiger partial charge in [-0.1, -0.05) is 6.07 Å². The molecule has 0 aliphatic carbocycles. The number of fused-ring (bicyclic) bond motifs is 1. The molecule has 1 atom stereocenters. The summed E-state index contributed by atoms with van der Waals surface area (Å²) in [5.74, 6) is 0. The highest BCUT2D eigenvalue weighted by atomic mass is 79.9. The largest absolute Gasteiger partial charge is 0.381 e. The van der Waals surface area contributed by atoms with E-state index in [0.29, 0.717) is 6.04 Å². The minimum Gasteiger partial charge on any atom is -0.381 e. The number of nitrogens with one attached hydrogen (secondary N) is 1. The fraction of sp³-hybridized carbons (Fsp3) is 0.400. The summed E-state index contributed by atoms with van der Waals surface area (Å²) >= 11 is 3.42. The molecular formula is C15H19BrN4. The van der Waals surface area contributed by atoms with Crippen LogP contribution in [0.2, 0.25) is 0 Å². The van der Waals surface area contributed by atoms with Gasteiger partial charge in [-0.3, -0.25) is 9.58 Å². The number of nitrogens with zero attached hydrogens (tertiary/aromatic N) is 3. The third kappa shape index (κ3) is 3.04. The number of aromatic nitrogens is 2. The van der Waals surface area contributed by atoms with Crippen molar-refractivity contribution < 1.29 is 0 Å². The van der Waals surface area contributed by atoms with Crippen LogP contribution in [0.25, 0.3) is 0 Å². The lowest BCUT2D eigenvalue weighted by Crippen LogP contribution is -2.22. The number of hydrogen-bond donors (Lipinski definition) is 1. The predicted molar refractivity (Wildman–Crippen MR) is 84.6 cm³/mol. The van der Waals surface area contributed by atoms with Crippen LogP contribution in [-0.2, 0) is 19.6 Å². The number of hydrogen-bond acceptors (Lipinski definition) is 3. The van der Waals surface area contributed by atoms with Crippen LogP contribution in [0.3, 0.4) is 0 Å². The fourth-order valence-electron chi connectivity index (χ4n) is 2.70. The lowest BCUT2D eigenvalue weighted by molar-refractivity contribution is 0.353. The maximum Gasteiger partial charge on any atom is 0.0632 e. The van der Waals surface area contributed by atoms with Gasteiger partial charge in [0.05, 0.1) is 17.2 Å². The van der Waals surface area contributed by atoms with Crippen molar-refractivity contribution in [3.63, 3.8) is 0 Å². The van der Waals surface area contributed by atoms with Gasteiger partial charge < -0.3 is 5.32 Å². The van der Waals surface area contributed by atoms with Gasteiger partial charge in [-0.15, -0.1) is 0 Å². The third-order valence-electron chi connectivity index (χ3n) is 3.56. The number of halogens is 1. The maximum atomic E-state index is 4.29. The molecule has 0 amide bonds. The monoisotopic (exact) mass is 334 g/mol. The van der Waals surface area contributed by atoms with Crippen molar-refractivity contribution in [1.29, 1.82) is 0 Å². The van der Waals surface area contributed by atoms with E-state index < -0.39 is 0 Å². The number of benzene rings is 1. The van der Waals surface area contributed by atoms with Gasteiger partial charge in [0.15, 0.2) is 0 Å². The van der Waals surface area contributed by atoms with E-state index in [1.54, 1.807) is 0 Å². The molecule has 1 N–H and O–H groups in total. The molecule has 1 aliphatic heterocycles.